The zero-order chi connectivity index (χ0) is 14.8. The van der Waals surface area contributed by atoms with Gasteiger partial charge in [0.05, 0.1) is 6.04 Å². The predicted molar refractivity (Wildman–Crippen MR) is 84.2 cm³/mol. The van der Waals surface area contributed by atoms with Gasteiger partial charge < -0.3 is 20.1 Å². The molecule has 3 rings (SSSR count). The SMILES string of the molecule is CN(C)c1ccc(C(N)c2ccc3c(c2)OCCO3)cc1. The molecule has 110 valence electrons. The van der Waals surface area contributed by atoms with E-state index in [0.717, 1.165) is 28.3 Å². The minimum atomic E-state index is -0.169. The number of ether oxygens (including phenoxy) is 2. The summed E-state index contributed by atoms with van der Waals surface area (Å²) in [5.74, 6) is 1.57. The van der Waals surface area contributed by atoms with E-state index in [0.29, 0.717) is 13.2 Å². The van der Waals surface area contributed by atoms with Gasteiger partial charge in [-0.05, 0) is 35.4 Å². The van der Waals surface area contributed by atoms with Crippen LogP contribution in [0.3, 0.4) is 0 Å². The van der Waals surface area contributed by atoms with Gasteiger partial charge in [-0.2, -0.15) is 0 Å². The highest BCUT2D eigenvalue weighted by Gasteiger charge is 2.15. The van der Waals surface area contributed by atoms with Crippen LogP contribution < -0.4 is 20.1 Å². The number of anilines is 1. The highest BCUT2D eigenvalue weighted by atomic mass is 16.6. The second-order valence-corrected chi connectivity index (χ2v) is 5.37. The molecule has 2 aromatic carbocycles. The second kappa shape index (κ2) is 5.66. The first-order valence-electron chi connectivity index (χ1n) is 7.07. The van der Waals surface area contributed by atoms with Crippen molar-refractivity contribution < 1.29 is 9.47 Å². The molecule has 1 aliphatic heterocycles. The maximum Gasteiger partial charge on any atom is 0.161 e. The number of benzene rings is 2. The molecule has 4 nitrogen and oxygen atoms in total. The van der Waals surface area contributed by atoms with E-state index in [-0.39, 0.29) is 6.04 Å². The Labute approximate surface area is 125 Å². The van der Waals surface area contributed by atoms with E-state index in [2.05, 4.69) is 29.2 Å². The van der Waals surface area contributed by atoms with Gasteiger partial charge in [0.1, 0.15) is 13.2 Å². The van der Waals surface area contributed by atoms with Gasteiger partial charge in [0.15, 0.2) is 11.5 Å². The Morgan fingerprint density at radius 1 is 0.905 bits per heavy atom. The molecule has 0 saturated carbocycles. The number of hydrogen-bond donors (Lipinski definition) is 1. The van der Waals surface area contributed by atoms with Gasteiger partial charge >= 0.3 is 0 Å². The van der Waals surface area contributed by atoms with Crippen molar-refractivity contribution in [2.24, 2.45) is 5.73 Å². The van der Waals surface area contributed by atoms with Crippen molar-refractivity contribution in [3.63, 3.8) is 0 Å². The van der Waals surface area contributed by atoms with Crippen LogP contribution in [0.25, 0.3) is 0 Å². The minimum absolute atomic E-state index is 0.169. The summed E-state index contributed by atoms with van der Waals surface area (Å²) in [7, 11) is 4.05. The summed E-state index contributed by atoms with van der Waals surface area (Å²) >= 11 is 0. The topological polar surface area (TPSA) is 47.7 Å². The highest BCUT2D eigenvalue weighted by molar-refractivity contribution is 5.49. The van der Waals surface area contributed by atoms with Crippen LogP contribution in [0.1, 0.15) is 17.2 Å². The average molecular weight is 284 g/mol. The first kappa shape index (κ1) is 13.8. The van der Waals surface area contributed by atoms with E-state index in [9.17, 15) is 0 Å². The fourth-order valence-electron chi connectivity index (χ4n) is 2.43. The lowest BCUT2D eigenvalue weighted by Gasteiger charge is -2.21. The van der Waals surface area contributed by atoms with E-state index in [4.69, 9.17) is 15.2 Å². The van der Waals surface area contributed by atoms with Crippen LogP contribution in [0, 0.1) is 0 Å². The number of fused-ring (bicyclic) bond motifs is 1. The smallest absolute Gasteiger partial charge is 0.161 e. The molecule has 2 aromatic rings. The van der Waals surface area contributed by atoms with Crippen LogP contribution in [0.15, 0.2) is 42.5 Å². The molecule has 0 aromatic heterocycles. The molecule has 0 spiro atoms. The van der Waals surface area contributed by atoms with E-state index in [1.54, 1.807) is 0 Å². The third-order valence-electron chi connectivity index (χ3n) is 3.69. The van der Waals surface area contributed by atoms with E-state index >= 15 is 0 Å². The Morgan fingerprint density at radius 2 is 1.52 bits per heavy atom. The lowest BCUT2D eigenvalue weighted by molar-refractivity contribution is 0.171. The molecule has 0 saturated heterocycles. The standard InChI is InChI=1S/C17H20N2O2/c1-19(2)14-6-3-12(4-7-14)17(18)13-5-8-15-16(11-13)21-10-9-20-15/h3-8,11,17H,9-10,18H2,1-2H3. The third-order valence-corrected chi connectivity index (χ3v) is 3.69. The molecule has 0 radical (unpaired) electrons. The summed E-state index contributed by atoms with van der Waals surface area (Å²) in [4.78, 5) is 2.07. The quantitative estimate of drug-likeness (QED) is 0.941. The average Bonchev–Trinajstić information content (AvgIpc) is 2.54. The normalized spacial score (nSPS) is 14.6. The van der Waals surface area contributed by atoms with Gasteiger partial charge in [0, 0.05) is 19.8 Å². The van der Waals surface area contributed by atoms with Crippen LogP contribution in [-0.4, -0.2) is 27.3 Å². The molecule has 0 bridgehead atoms. The number of nitrogens with zero attached hydrogens (tertiary/aromatic N) is 1. The largest absolute Gasteiger partial charge is 0.486 e. The number of hydrogen-bond acceptors (Lipinski definition) is 4. The molecule has 4 heteroatoms. The monoisotopic (exact) mass is 284 g/mol. The summed E-state index contributed by atoms with van der Waals surface area (Å²) in [5, 5.41) is 0. The molecule has 21 heavy (non-hydrogen) atoms. The molecular formula is C17H20N2O2. The molecule has 2 N–H and O–H groups in total. The van der Waals surface area contributed by atoms with Crippen LogP contribution in [0.2, 0.25) is 0 Å². The van der Waals surface area contributed by atoms with Crippen LogP contribution in [0.4, 0.5) is 5.69 Å². The number of nitrogens with two attached hydrogens (primary N) is 1. The van der Waals surface area contributed by atoms with Gasteiger partial charge in [0.25, 0.3) is 0 Å². The maximum atomic E-state index is 6.37. The highest BCUT2D eigenvalue weighted by Crippen LogP contribution is 2.33. The Morgan fingerprint density at radius 3 is 2.19 bits per heavy atom. The molecule has 1 aliphatic rings. The molecular weight excluding hydrogens is 264 g/mol. The zero-order valence-corrected chi connectivity index (χ0v) is 12.4. The van der Waals surface area contributed by atoms with Crippen molar-refractivity contribution in [2.75, 3.05) is 32.2 Å². The van der Waals surface area contributed by atoms with Gasteiger partial charge in [-0.3, -0.25) is 0 Å². The fraction of sp³-hybridized carbons (Fsp3) is 0.294. The molecule has 0 amide bonds. The predicted octanol–water partition coefficient (Wildman–Crippen LogP) is 2.57. The fourth-order valence-corrected chi connectivity index (χ4v) is 2.43. The van der Waals surface area contributed by atoms with Crippen LogP contribution >= 0.6 is 0 Å². The summed E-state index contributed by atoms with van der Waals surface area (Å²) in [6.45, 7) is 1.19. The minimum Gasteiger partial charge on any atom is -0.486 e. The van der Waals surface area contributed by atoms with Crippen molar-refractivity contribution in [3.05, 3.63) is 53.6 Å². The van der Waals surface area contributed by atoms with Crippen LogP contribution in [0.5, 0.6) is 11.5 Å². The Kier molecular flexibility index (Phi) is 3.71. The molecule has 0 aliphatic carbocycles. The molecule has 0 fully saturated rings. The van der Waals surface area contributed by atoms with Gasteiger partial charge in [-0.25, -0.2) is 0 Å². The van der Waals surface area contributed by atoms with E-state index in [1.165, 1.54) is 0 Å². The number of rotatable bonds is 3. The van der Waals surface area contributed by atoms with E-state index < -0.39 is 0 Å². The second-order valence-electron chi connectivity index (χ2n) is 5.37. The van der Waals surface area contributed by atoms with Gasteiger partial charge in [-0.15, -0.1) is 0 Å². The maximum absolute atomic E-state index is 6.37. The van der Waals surface area contributed by atoms with Crippen molar-refractivity contribution in [3.8, 4) is 11.5 Å². The third kappa shape index (κ3) is 2.81. The van der Waals surface area contributed by atoms with Gasteiger partial charge in [-0.1, -0.05) is 18.2 Å². The van der Waals surface area contributed by atoms with Crippen molar-refractivity contribution in [2.45, 2.75) is 6.04 Å². The van der Waals surface area contributed by atoms with Crippen LogP contribution in [-0.2, 0) is 0 Å². The lowest BCUT2D eigenvalue weighted by Crippen LogP contribution is -2.17. The summed E-state index contributed by atoms with van der Waals surface area (Å²) in [6, 6.07) is 14.0. The Hall–Kier alpha value is -2.20. The Balaban J connectivity index is 1.85. The Bertz CT molecular complexity index is 623. The first-order valence-corrected chi connectivity index (χ1v) is 7.07. The zero-order valence-electron chi connectivity index (χ0n) is 12.4. The summed E-state index contributed by atoms with van der Waals surface area (Å²) in [6.07, 6.45) is 0. The van der Waals surface area contributed by atoms with Gasteiger partial charge in [0.2, 0.25) is 0 Å². The van der Waals surface area contributed by atoms with Crippen molar-refractivity contribution >= 4 is 5.69 Å². The van der Waals surface area contributed by atoms with E-state index in [1.807, 2.05) is 32.3 Å². The first-order chi connectivity index (χ1) is 10.1. The molecule has 1 heterocycles. The molecule has 1 atom stereocenters. The van der Waals surface area contributed by atoms with Crippen molar-refractivity contribution in [1.29, 1.82) is 0 Å². The summed E-state index contributed by atoms with van der Waals surface area (Å²) < 4.78 is 11.1. The molecule has 1 unspecified atom stereocenters. The summed E-state index contributed by atoms with van der Waals surface area (Å²) in [5.41, 5.74) is 9.63. The lowest BCUT2D eigenvalue weighted by atomic mass is 9.99. The van der Waals surface area contributed by atoms with Crippen molar-refractivity contribution in [1.82, 2.24) is 0 Å².